The van der Waals surface area contributed by atoms with E-state index in [0.717, 1.165) is 5.69 Å². The van der Waals surface area contributed by atoms with Crippen molar-refractivity contribution in [2.75, 3.05) is 18.5 Å². The van der Waals surface area contributed by atoms with Crippen LogP contribution in [-0.4, -0.2) is 29.7 Å². The van der Waals surface area contributed by atoms with Gasteiger partial charge in [-0.3, -0.25) is 4.79 Å². The zero-order chi connectivity index (χ0) is 16.8. The molecule has 22 heavy (non-hydrogen) atoms. The average Bonchev–Trinajstić information content (AvgIpc) is 2.41. The number of amides is 1. The number of pyridine rings is 1. The summed E-state index contributed by atoms with van der Waals surface area (Å²) in [4.78, 5) is 17.0. The van der Waals surface area contributed by atoms with Gasteiger partial charge >= 0.3 is 0 Å². The van der Waals surface area contributed by atoms with Crippen LogP contribution in [0.15, 0.2) is 12.1 Å². The molecule has 5 nitrogen and oxygen atoms in total. The molecular weight excluding hydrogens is 280 g/mol. The fourth-order valence-electron chi connectivity index (χ4n) is 2.47. The van der Waals surface area contributed by atoms with E-state index in [2.05, 4.69) is 24.1 Å². The molecule has 1 heterocycles. The lowest BCUT2D eigenvalue weighted by Crippen LogP contribution is -2.44. The maximum atomic E-state index is 12.6. The van der Waals surface area contributed by atoms with Crippen molar-refractivity contribution in [2.24, 2.45) is 5.92 Å². The number of carbonyl (C=O) groups is 1. The molecule has 1 amide bonds. The Balaban J connectivity index is 2.89. The van der Waals surface area contributed by atoms with Gasteiger partial charge in [0.15, 0.2) is 0 Å². The van der Waals surface area contributed by atoms with Crippen molar-refractivity contribution in [1.82, 2.24) is 4.98 Å². The van der Waals surface area contributed by atoms with Crippen molar-refractivity contribution in [2.45, 2.75) is 53.6 Å². The van der Waals surface area contributed by atoms with Crippen molar-refractivity contribution in [3.8, 4) is 5.88 Å². The van der Waals surface area contributed by atoms with Crippen molar-refractivity contribution in [1.29, 1.82) is 0 Å². The van der Waals surface area contributed by atoms with Crippen LogP contribution in [0, 0.1) is 12.8 Å². The summed E-state index contributed by atoms with van der Waals surface area (Å²) < 4.78 is 11.1. The van der Waals surface area contributed by atoms with Crippen LogP contribution < -0.4 is 10.1 Å². The van der Waals surface area contributed by atoms with Crippen molar-refractivity contribution >= 4 is 11.6 Å². The minimum atomic E-state index is -0.839. The second-order valence-corrected chi connectivity index (χ2v) is 5.93. The lowest BCUT2D eigenvalue weighted by molar-refractivity contribution is -0.140. The van der Waals surface area contributed by atoms with Crippen LogP contribution >= 0.6 is 0 Å². The van der Waals surface area contributed by atoms with Crippen LogP contribution in [-0.2, 0) is 9.53 Å². The van der Waals surface area contributed by atoms with E-state index >= 15 is 0 Å². The Kier molecular flexibility index (Phi) is 6.81. The quantitative estimate of drug-likeness (QED) is 0.797. The zero-order valence-corrected chi connectivity index (χ0v) is 14.5. The van der Waals surface area contributed by atoms with E-state index in [1.165, 1.54) is 0 Å². The molecule has 1 aromatic heterocycles. The third kappa shape index (κ3) is 4.98. The second kappa shape index (κ2) is 8.13. The van der Waals surface area contributed by atoms with Gasteiger partial charge in [-0.2, -0.15) is 0 Å². The van der Waals surface area contributed by atoms with Gasteiger partial charge in [-0.15, -0.1) is 0 Å². The summed E-state index contributed by atoms with van der Waals surface area (Å²) in [5, 5.41) is 2.93. The second-order valence-electron chi connectivity index (χ2n) is 5.93. The van der Waals surface area contributed by atoms with Crippen molar-refractivity contribution < 1.29 is 14.3 Å². The Hall–Kier alpha value is -1.62. The summed E-state index contributed by atoms with van der Waals surface area (Å²) in [6.45, 7) is 12.7. The van der Waals surface area contributed by atoms with E-state index in [1.54, 1.807) is 6.07 Å². The number of carbonyl (C=O) groups excluding carboxylic acids is 1. The zero-order valence-electron chi connectivity index (χ0n) is 14.5. The highest BCUT2D eigenvalue weighted by Crippen LogP contribution is 2.25. The average molecular weight is 308 g/mol. The van der Waals surface area contributed by atoms with Crippen LogP contribution in [0.3, 0.4) is 0 Å². The fraction of sp³-hybridized carbons (Fsp3) is 0.647. The number of nitrogens with one attached hydrogen (secondary N) is 1. The lowest BCUT2D eigenvalue weighted by Gasteiger charge is -2.30. The normalized spacial score (nSPS) is 13.8. The first kappa shape index (κ1) is 18.4. The first-order chi connectivity index (χ1) is 10.3. The van der Waals surface area contributed by atoms with Gasteiger partial charge in [0, 0.05) is 12.7 Å². The summed E-state index contributed by atoms with van der Waals surface area (Å²) in [6.07, 6.45) is 0.663. The minimum Gasteiger partial charge on any atom is -0.478 e. The van der Waals surface area contributed by atoms with E-state index in [1.807, 2.05) is 33.8 Å². The van der Waals surface area contributed by atoms with Gasteiger partial charge in [-0.25, -0.2) is 4.98 Å². The predicted octanol–water partition coefficient (Wildman–Crippen LogP) is 3.57. The molecule has 0 aliphatic rings. The molecular formula is C17H28N2O3. The Labute approximate surface area is 133 Å². The topological polar surface area (TPSA) is 60.5 Å². The molecule has 0 aliphatic carbocycles. The third-order valence-electron chi connectivity index (χ3n) is 3.34. The van der Waals surface area contributed by atoms with E-state index < -0.39 is 5.60 Å². The molecule has 0 saturated heterocycles. The molecule has 124 valence electrons. The maximum absolute atomic E-state index is 12.6. The molecule has 0 aromatic carbocycles. The largest absolute Gasteiger partial charge is 0.478 e. The van der Waals surface area contributed by atoms with Gasteiger partial charge in [-0.1, -0.05) is 13.8 Å². The van der Waals surface area contributed by atoms with Gasteiger partial charge in [0.05, 0.1) is 18.0 Å². The molecule has 5 heteroatoms. The first-order valence-electron chi connectivity index (χ1n) is 7.88. The van der Waals surface area contributed by atoms with Gasteiger partial charge in [0.2, 0.25) is 5.88 Å². The number of nitrogens with zero attached hydrogens (tertiary/aromatic N) is 1. The molecule has 0 fully saturated rings. The number of hydrogen-bond acceptors (Lipinski definition) is 4. The monoisotopic (exact) mass is 308 g/mol. The SMILES string of the molecule is CCOc1ccc(NC(=O)[C@@](C)(CC(C)C)OCC)c(C)n1. The van der Waals surface area contributed by atoms with Gasteiger partial charge in [-0.05, 0) is 46.1 Å². The molecule has 1 N–H and O–H groups in total. The van der Waals surface area contributed by atoms with Crippen LogP contribution in [0.4, 0.5) is 5.69 Å². The molecule has 0 spiro atoms. The van der Waals surface area contributed by atoms with E-state index in [9.17, 15) is 4.79 Å². The van der Waals surface area contributed by atoms with Gasteiger partial charge < -0.3 is 14.8 Å². The van der Waals surface area contributed by atoms with E-state index in [4.69, 9.17) is 9.47 Å². The number of rotatable bonds is 8. The van der Waals surface area contributed by atoms with Gasteiger partial charge in [0.1, 0.15) is 5.60 Å². The summed E-state index contributed by atoms with van der Waals surface area (Å²) in [7, 11) is 0. The highest BCUT2D eigenvalue weighted by atomic mass is 16.5. The van der Waals surface area contributed by atoms with Crippen LogP contribution in [0.25, 0.3) is 0 Å². The van der Waals surface area contributed by atoms with Crippen molar-refractivity contribution in [3.05, 3.63) is 17.8 Å². The lowest BCUT2D eigenvalue weighted by atomic mass is 9.93. The van der Waals surface area contributed by atoms with Crippen LogP contribution in [0.5, 0.6) is 5.88 Å². The molecule has 1 atom stereocenters. The van der Waals surface area contributed by atoms with E-state index in [-0.39, 0.29) is 5.91 Å². The maximum Gasteiger partial charge on any atom is 0.256 e. The van der Waals surface area contributed by atoms with Crippen LogP contribution in [0.1, 0.15) is 46.7 Å². The molecule has 0 unspecified atom stereocenters. The van der Waals surface area contributed by atoms with Crippen molar-refractivity contribution in [3.63, 3.8) is 0 Å². The summed E-state index contributed by atoms with van der Waals surface area (Å²) in [6, 6.07) is 3.57. The molecule has 0 bridgehead atoms. The number of aromatic nitrogens is 1. The Morgan fingerprint density at radius 1 is 1.32 bits per heavy atom. The van der Waals surface area contributed by atoms with Crippen LogP contribution in [0.2, 0.25) is 0 Å². The Bertz CT molecular complexity index is 503. The standard InChI is InChI=1S/C17H28N2O3/c1-7-21-15-10-9-14(13(5)18-15)19-16(20)17(6,22-8-2)11-12(3)4/h9-10,12H,7-8,11H2,1-6H3,(H,19,20)/t17-/m1/s1. The number of anilines is 1. The molecule has 0 aliphatic heterocycles. The molecule has 1 aromatic rings. The first-order valence-corrected chi connectivity index (χ1v) is 7.88. The fourth-order valence-corrected chi connectivity index (χ4v) is 2.47. The number of aryl methyl sites for hydroxylation is 1. The number of hydrogen-bond donors (Lipinski definition) is 1. The summed E-state index contributed by atoms with van der Waals surface area (Å²) in [5.74, 6) is 0.784. The minimum absolute atomic E-state index is 0.142. The highest BCUT2D eigenvalue weighted by Gasteiger charge is 2.35. The Morgan fingerprint density at radius 2 is 2.00 bits per heavy atom. The van der Waals surface area contributed by atoms with Gasteiger partial charge in [0.25, 0.3) is 5.91 Å². The summed E-state index contributed by atoms with van der Waals surface area (Å²) >= 11 is 0. The number of ether oxygens (including phenoxy) is 2. The smallest absolute Gasteiger partial charge is 0.256 e. The predicted molar refractivity (Wildman–Crippen MR) is 88.3 cm³/mol. The summed E-state index contributed by atoms with van der Waals surface area (Å²) in [5.41, 5.74) is 0.569. The molecule has 0 saturated carbocycles. The highest BCUT2D eigenvalue weighted by molar-refractivity contribution is 5.97. The molecule has 1 rings (SSSR count). The van der Waals surface area contributed by atoms with E-state index in [0.29, 0.717) is 37.1 Å². The Morgan fingerprint density at radius 3 is 2.50 bits per heavy atom. The molecule has 0 radical (unpaired) electrons. The third-order valence-corrected chi connectivity index (χ3v) is 3.34.